The van der Waals surface area contributed by atoms with Gasteiger partial charge in [0.25, 0.3) is 0 Å². The van der Waals surface area contributed by atoms with Gasteiger partial charge in [-0.3, -0.25) is 0 Å². The average molecular weight is 199 g/mol. The van der Waals surface area contributed by atoms with E-state index in [1.54, 1.807) is 0 Å². The lowest BCUT2D eigenvalue weighted by atomic mass is 10.2. The van der Waals surface area contributed by atoms with E-state index in [-0.39, 0.29) is 0 Å². The highest BCUT2D eigenvalue weighted by atomic mass is 35.5. The Bertz CT molecular complexity index is 274. The van der Waals surface area contributed by atoms with Crippen molar-refractivity contribution in [3.8, 4) is 0 Å². The van der Waals surface area contributed by atoms with E-state index in [4.69, 9.17) is 11.6 Å². The van der Waals surface area contributed by atoms with E-state index >= 15 is 0 Å². The van der Waals surface area contributed by atoms with Gasteiger partial charge in [-0.1, -0.05) is 17.7 Å². The van der Waals surface area contributed by atoms with Crippen molar-refractivity contribution in [1.82, 2.24) is 5.32 Å². The summed E-state index contributed by atoms with van der Waals surface area (Å²) in [5.74, 6) is 0. The Kier molecular flexibility index (Phi) is 4.06. The average Bonchev–Trinajstić information content (AvgIpc) is 2.13. The molecule has 0 saturated heterocycles. The molecule has 0 unspecified atom stereocenters. The van der Waals surface area contributed by atoms with E-state index in [0.717, 1.165) is 29.4 Å². The van der Waals surface area contributed by atoms with Crippen molar-refractivity contribution in [1.29, 1.82) is 0 Å². The predicted molar refractivity (Wildman–Crippen MR) is 58.6 cm³/mol. The van der Waals surface area contributed by atoms with Gasteiger partial charge in [-0.25, -0.2) is 0 Å². The van der Waals surface area contributed by atoms with Crippen LogP contribution in [0.5, 0.6) is 0 Å². The minimum atomic E-state index is 0.814. The van der Waals surface area contributed by atoms with E-state index in [1.165, 1.54) is 0 Å². The summed E-state index contributed by atoms with van der Waals surface area (Å²) >= 11 is 5.97. The fourth-order valence-electron chi connectivity index (χ4n) is 1.12. The standard InChI is InChI=1S/C10H15ClN2/c1-8-9(11)4-3-5-10(8)13-7-6-12-2/h3-5,12-13H,6-7H2,1-2H3. The van der Waals surface area contributed by atoms with Crippen molar-refractivity contribution in [3.63, 3.8) is 0 Å². The number of benzene rings is 1. The highest BCUT2D eigenvalue weighted by molar-refractivity contribution is 6.31. The summed E-state index contributed by atoms with van der Waals surface area (Å²) in [6, 6.07) is 5.90. The number of likely N-dealkylation sites (N-methyl/N-ethyl adjacent to an activating group) is 1. The van der Waals surface area contributed by atoms with Crippen LogP contribution in [0.4, 0.5) is 5.69 Å². The molecule has 1 aromatic rings. The van der Waals surface area contributed by atoms with E-state index < -0.39 is 0 Å². The summed E-state index contributed by atoms with van der Waals surface area (Å²) in [4.78, 5) is 0. The summed E-state index contributed by atoms with van der Waals surface area (Å²) in [6.07, 6.45) is 0. The van der Waals surface area contributed by atoms with E-state index in [2.05, 4.69) is 10.6 Å². The highest BCUT2D eigenvalue weighted by Gasteiger charge is 1.99. The van der Waals surface area contributed by atoms with Gasteiger partial charge in [-0.05, 0) is 31.7 Å². The molecule has 0 fully saturated rings. The minimum absolute atomic E-state index is 0.814. The molecule has 0 aromatic heterocycles. The molecule has 13 heavy (non-hydrogen) atoms. The molecule has 0 atom stereocenters. The van der Waals surface area contributed by atoms with Crippen LogP contribution in [0, 0.1) is 6.92 Å². The van der Waals surface area contributed by atoms with Gasteiger partial charge in [0, 0.05) is 23.8 Å². The maximum atomic E-state index is 5.97. The van der Waals surface area contributed by atoms with Gasteiger partial charge in [0.2, 0.25) is 0 Å². The summed E-state index contributed by atoms with van der Waals surface area (Å²) in [7, 11) is 1.94. The lowest BCUT2D eigenvalue weighted by Gasteiger charge is -2.09. The summed E-state index contributed by atoms with van der Waals surface area (Å²) in [5.41, 5.74) is 2.23. The van der Waals surface area contributed by atoms with Crippen LogP contribution in [0.25, 0.3) is 0 Å². The molecule has 1 aromatic carbocycles. The first-order valence-electron chi connectivity index (χ1n) is 4.39. The zero-order valence-corrected chi connectivity index (χ0v) is 8.78. The fourth-order valence-corrected chi connectivity index (χ4v) is 1.30. The molecule has 0 saturated carbocycles. The van der Waals surface area contributed by atoms with Gasteiger partial charge in [-0.15, -0.1) is 0 Å². The Morgan fingerprint density at radius 3 is 2.77 bits per heavy atom. The number of halogens is 1. The quantitative estimate of drug-likeness (QED) is 0.726. The highest BCUT2D eigenvalue weighted by Crippen LogP contribution is 2.22. The summed E-state index contributed by atoms with van der Waals surface area (Å²) < 4.78 is 0. The topological polar surface area (TPSA) is 24.1 Å². The van der Waals surface area contributed by atoms with Crippen LogP contribution in [0.15, 0.2) is 18.2 Å². The molecule has 0 spiro atoms. The third-order valence-corrected chi connectivity index (χ3v) is 2.37. The zero-order chi connectivity index (χ0) is 9.68. The van der Waals surface area contributed by atoms with Gasteiger partial charge >= 0.3 is 0 Å². The number of anilines is 1. The normalized spacial score (nSPS) is 10.1. The third-order valence-electron chi connectivity index (χ3n) is 1.96. The van der Waals surface area contributed by atoms with Gasteiger partial charge in [-0.2, -0.15) is 0 Å². The van der Waals surface area contributed by atoms with Crippen LogP contribution in [-0.2, 0) is 0 Å². The van der Waals surface area contributed by atoms with Crippen molar-refractivity contribution in [2.24, 2.45) is 0 Å². The molecule has 0 aliphatic carbocycles. The molecular formula is C10H15ClN2. The largest absolute Gasteiger partial charge is 0.384 e. The predicted octanol–water partition coefficient (Wildman–Crippen LogP) is 2.28. The van der Waals surface area contributed by atoms with E-state index in [9.17, 15) is 0 Å². The molecule has 2 nitrogen and oxygen atoms in total. The molecular weight excluding hydrogens is 184 g/mol. The second-order valence-electron chi connectivity index (χ2n) is 2.94. The Morgan fingerprint density at radius 1 is 1.31 bits per heavy atom. The Balaban J connectivity index is 2.61. The van der Waals surface area contributed by atoms with Gasteiger partial charge in [0.1, 0.15) is 0 Å². The van der Waals surface area contributed by atoms with Crippen LogP contribution in [0.2, 0.25) is 5.02 Å². The number of hydrogen-bond acceptors (Lipinski definition) is 2. The Labute approximate surface area is 84.3 Å². The van der Waals surface area contributed by atoms with E-state index in [0.29, 0.717) is 0 Å². The third kappa shape index (κ3) is 2.90. The molecule has 3 heteroatoms. The van der Waals surface area contributed by atoms with Crippen LogP contribution in [0.3, 0.4) is 0 Å². The van der Waals surface area contributed by atoms with Crippen molar-refractivity contribution in [3.05, 3.63) is 28.8 Å². The minimum Gasteiger partial charge on any atom is -0.384 e. The smallest absolute Gasteiger partial charge is 0.0455 e. The molecule has 0 bridgehead atoms. The number of nitrogens with one attached hydrogen (secondary N) is 2. The lowest BCUT2D eigenvalue weighted by Crippen LogP contribution is -2.18. The van der Waals surface area contributed by atoms with Crippen molar-refractivity contribution in [2.75, 3.05) is 25.5 Å². The lowest BCUT2D eigenvalue weighted by molar-refractivity contribution is 0.823. The van der Waals surface area contributed by atoms with Crippen molar-refractivity contribution < 1.29 is 0 Å². The second-order valence-corrected chi connectivity index (χ2v) is 3.35. The van der Waals surface area contributed by atoms with Crippen molar-refractivity contribution >= 4 is 17.3 Å². The maximum absolute atomic E-state index is 5.97. The molecule has 0 radical (unpaired) electrons. The van der Waals surface area contributed by atoms with Gasteiger partial charge in [0.05, 0.1) is 0 Å². The molecule has 72 valence electrons. The van der Waals surface area contributed by atoms with Gasteiger partial charge < -0.3 is 10.6 Å². The Morgan fingerprint density at radius 2 is 2.08 bits per heavy atom. The molecule has 0 heterocycles. The first-order chi connectivity index (χ1) is 6.25. The molecule has 0 aliphatic rings. The molecule has 0 amide bonds. The Hall–Kier alpha value is -0.730. The fraction of sp³-hybridized carbons (Fsp3) is 0.400. The molecule has 2 N–H and O–H groups in total. The van der Waals surface area contributed by atoms with Crippen LogP contribution >= 0.6 is 11.6 Å². The molecule has 0 aliphatic heterocycles. The monoisotopic (exact) mass is 198 g/mol. The van der Waals surface area contributed by atoms with E-state index in [1.807, 2.05) is 32.2 Å². The first kappa shape index (κ1) is 10.4. The summed E-state index contributed by atoms with van der Waals surface area (Å²) in [6.45, 7) is 3.88. The van der Waals surface area contributed by atoms with Crippen LogP contribution in [-0.4, -0.2) is 20.1 Å². The van der Waals surface area contributed by atoms with Crippen LogP contribution in [0.1, 0.15) is 5.56 Å². The number of rotatable bonds is 4. The second kappa shape index (κ2) is 5.10. The van der Waals surface area contributed by atoms with Crippen LogP contribution < -0.4 is 10.6 Å². The first-order valence-corrected chi connectivity index (χ1v) is 4.77. The molecule has 1 rings (SSSR count). The number of hydrogen-bond donors (Lipinski definition) is 2. The summed E-state index contributed by atoms with van der Waals surface area (Å²) in [5, 5.41) is 7.20. The van der Waals surface area contributed by atoms with Crippen molar-refractivity contribution in [2.45, 2.75) is 6.92 Å². The maximum Gasteiger partial charge on any atom is 0.0455 e. The zero-order valence-electron chi connectivity index (χ0n) is 8.02. The SMILES string of the molecule is CNCCNc1cccc(Cl)c1C. The van der Waals surface area contributed by atoms with Gasteiger partial charge in [0.15, 0.2) is 0 Å².